The van der Waals surface area contributed by atoms with Crippen molar-refractivity contribution in [3.63, 3.8) is 0 Å². The van der Waals surface area contributed by atoms with E-state index in [4.69, 9.17) is 11.6 Å². The fraction of sp³-hybridized carbons (Fsp3) is 0.300. The first-order valence-electron chi connectivity index (χ1n) is 8.86. The number of hydrogen-bond donors (Lipinski definition) is 1. The highest BCUT2D eigenvalue weighted by molar-refractivity contribution is 7.99. The van der Waals surface area contributed by atoms with Gasteiger partial charge in [0, 0.05) is 28.6 Å². The Morgan fingerprint density at radius 2 is 2.11 bits per heavy atom. The Labute approximate surface area is 166 Å². The van der Waals surface area contributed by atoms with Crippen molar-refractivity contribution >= 4 is 40.9 Å². The van der Waals surface area contributed by atoms with Crippen LogP contribution in [0.4, 0.5) is 10.1 Å². The summed E-state index contributed by atoms with van der Waals surface area (Å²) in [5, 5.41) is 3.49. The minimum absolute atomic E-state index is 0.00667. The molecule has 0 radical (unpaired) electrons. The summed E-state index contributed by atoms with van der Waals surface area (Å²) in [6.07, 6.45) is 1.96. The SMILES string of the molecule is O=C(NC1CCSc2ccc(F)cc21)c1ccc(Cl)cc1N1CCCC1=O. The first-order valence-corrected chi connectivity index (χ1v) is 10.2. The molecule has 1 atom stereocenters. The molecule has 0 aromatic heterocycles. The van der Waals surface area contributed by atoms with Crippen LogP contribution in [0, 0.1) is 5.82 Å². The molecule has 140 valence electrons. The maximum Gasteiger partial charge on any atom is 0.253 e. The number of hydrogen-bond acceptors (Lipinski definition) is 3. The van der Waals surface area contributed by atoms with Gasteiger partial charge in [0.1, 0.15) is 5.82 Å². The lowest BCUT2D eigenvalue weighted by Crippen LogP contribution is -2.33. The summed E-state index contributed by atoms with van der Waals surface area (Å²) < 4.78 is 13.7. The number of amides is 2. The van der Waals surface area contributed by atoms with Gasteiger partial charge in [-0.2, -0.15) is 0 Å². The van der Waals surface area contributed by atoms with Crippen LogP contribution in [-0.2, 0) is 4.79 Å². The van der Waals surface area contributed by atoms with Gasteiger partial charge < -0.3 is 10.2 Å². The number of carbonyl (C=O) groups excluding carboxylic acids is 2. The summed E-state index contributed by atoms with van der Waals surface area (Å²) >= 11 is 7.77. The minimum Gasteiger partial charge on any atom is -0.345 e. The molecule has 0 bridgehead atoms. The van der Waals surface area contributed by atoms with Crippen LogP contribution >= 0.6 is 23.4 Å². The Morgan fingerprint density at radius 3 is 2.89 bits per heavy atom. The van der Waals surface area contributed by atoms with Gasteiger partial charge in [0.2, 0.25) is 5.91 Å². The maximum atomic E-state index is 13.7. The van der Waals surface area contributed by atoms with Gasteiger partial charge in [0.05, 0.1) is 17.3 Å². The van der Waals surface area contributed by atoms with Crippen molar-refractivity contribution in [3.05, 3.63) is 58.4 Å². The van der Waals surface area contributed by atoms with E-state index >= 15 is 0 Å². The molecule has 0 spiro atoms. The van der Waals surface area contributed by atoms with E-state index < -0.39 is 0 Å². The summed E-state index contributed by atoms with van der Waals surface area (Å²) in [6, 6.07) is 9.36. The number of carbonyl (C=O) groups is 2. The molecule has 0 aliphatic carbocycles. The third-order valence-electron chi connectivity index (χ3n) is 4.89. The second-order valence-electron chi connectivity index (χ2n) is 6.66. The van der Waals surface area contributed by atoms with E-state index in [1.54, 1.807) is 40.9 Å². The highest BCUT2D eigenvalue weighted by atomic mass is 35.5. The Balaban J connectivity index is 1.63. The molecule has 27 heavy (non-hydrogen) atoms. The number of halogens is 2. The number of rotatable bonds is 3. The second-order valence-corrected chi connectivity index (χ2v) is 8.23. The summed E-state index contributed by atoms with van der Waals surface area (Å²) in [5.74, 6) is 0.244. The van der Waals surface area contributed by atoms with Crippen LogP contribution in [0.3, 0.4) is 0 Å². The largest absolute Gasteiger partial charge is 0.345 e. The van der Waals surface area contributed by atoms with Crippen LogP contribution in [0.5, 0.6) is 0 Å². The van der Waals surface area contributed by atoms with Gasteiger partial charge in [-0.05, 0) is 54.8 Å². The number of fused-ring (bicyclic) bond motifs is 1. The predicted molar refractivity (Wildman–Crippen MR) is 105 cm³/mol. The molecule has 2 aliphatic heterocycles. The minimum atomic E-state index is -0.314. The van der Waals surface area contributed by atoms with Crippen LogP contribution in [0.25, 0.3) is 0 Å². The molecule has 2 amide bonds. The molecule has 1 saturated heterocycles. The monoisotopic (exact) mass is 404 g/mol. The molecular formula is C20H18ClFN2O2S. The van der Waals surface area contributed by atoms with Crippen LogP contribution in [0.1, 0.15) is 41.2 Å². The van der Waals surface area contributed by atoms with Crippen molar-refractivity contribution in [3.8, 4) is 0 Å². The van der Waals surface area contributed by atoms with Crippen molar-refractivity contribution < 1.29 is 14.0 Å². The number of benzene rings is 2. The Kier molecular flexibility index (Phi) is 5.10. The third-order valence-corrected chi connectivity index (χ3v) is 6.24. The molecule has 1 N–H and O–H groups in total. The summed E-state index contributed by atoms with van der Waals surface area (Å²) in [5.41, 5.74) is 1.74. The first-order chi connectivity index (χ1) is 13.0. The fourth-order valence-electron chi connectivity index (χ4n) is 3.57. The molecule has 7 heteroatoms. The van der Waals surface area contributed by atoms with Crippen molar-refractivity contribution in [2.75, 3.05) is 17.2 Å². The van der Waals surface area contributed by atoms with Crippen molar-refractivity contribution in [1.82, 2.24) is 5.32 Å². The summed E-state index contributed by atoms with van der Waals surface area (Å²) in [6.45, 7) is 0.577. The number of anilines is 1. The Bertz CT molecular complexity index is 921. The van der Waals surface area contributed by atoms with Gasteiger partial charge in [0.25, 0.3) is 5.91 Å². The molecule has 1 unspecified atom stereocenters. The standard InChI is InChI=1S/C20H18ClFN2O2S/c21-12-3-5-14(17(10-12)24-8-1-2-19(24)25)20(26)23-16-7-9-27-18-6-4-13(22)11-15(16)18/h3-6,10-11,16H,1-2,7-9H2,(H,23,26). The Hall–Kier alpha value is -2.05. The van der Waals surface area contributed by atoms with E-state index in [2.05, 4.69) is 5.32 Å². The molecule has 2 aromatic rings. The topological polar surface area (TPSA) is 49.4 Å². The second kappa shape index (κ2) is 7.52. The summed E-state index contributed by atoms with van der Waals surface area (Å²) in [4.78, 5) is 27.8. The lowest BCUT2D eigenvalue weighted by Gasteiger charge is -2.27. The zero-order chi connectivity index (χ0) is 19.0. The normalized spacial score (nSPS) is 19.1. The Morgan fingerprint density at radius 1 is 1.26 bits per heavy atom. The van der Waals surface area contributed by atoms with E-state index in [-0.39, 0.29) is 23.7 Å². The van der Waals surface area contributed by atoms with Gasteiger partial charge in [-0.1, -0.05) is 11.6 Å². The smallest absolute Gasteiger partial charge is 0.253 e. The molecule has 4 nitrogen and oxygen atoms in total. The van der Waals surface area contributed by atoms with Gasteiger partial charge >= 0.3 is 0 Å². The lowest BCUT2D eigenvalue weighted by molar-refractivity contribution is -0.117. The van der Waals surface area contributed by atoms with Gasteiger partial charge in [-0.15, -0.1) is 11.8 Å². The average molecular weight is 405 g/mol. The van der Waals surface area contributed by atoms with Crippen molar-refractivity contribution in [2.24, 2.45) is 0 Å². The van der Waals surface area contributed by atoms with Crippen molar-refractivity contribution in [1.29, 1.82) is 0 Å². The van der Waals surface area contributed by atoms with Gasteiger partial charge in [0.15, 0.2) is 0 Å². The van der Waals surface area contributed by atoms with Crippen LogP contribution < -0.4 is 10.2 Å². The van der Waals surface area contributed by atoms with E-state index in [0.717, 1.165) is 29.1 Å². The van der Waals surface area contributed by atoms with Crippen LogP contribution in [0.15, 0.2) is 41.3 Å². The van der Waals surface area contributed by atoms with Crippen molar-refractivity contribution in [2.45, 2.75) is 30.2 Å². The zero-order valence-electron chi connectivity index (χ0n) is 14.5. The fourth-order valence-corrected chi connectivity index (χ4v) is 4.85. The average Bonchev–Trinajstić information content (AvgIpc) is 3.08. The molecule has 0 saturated carbocycles. The quantitative estimate of drug-likeness (QED) is 0.815. The highest BCUT2D eigenvalue weighted by Gasteiger charge is 2.28. The summed E-state index contributed by atoms with van der Waals surface area (Å²) in [7, 11) is 0. The predicted octanol–water partition coefficient (Wildman–Crippen LogP) is 4.57. The van der Waals surface area contributed by atoms with Gasteiger partial charge in [-0.3, -0.25) is 9.59 Å². The van der Waals surface area contributed by atoms with E-state index in [1.807, 2.05) is 0 Å². The van der Waals surface area contributed by atoms with E-state index in [0.29, 0.717) is 29.2 Å². The van der Waals surface area contributed by atoms with E-state index in [9.17, 15) is 14.0 Å². The first kappa shape index (κ1) is 18.3. The highest BCUT2D eigenvalue weighted by Crippen LogP contribution is 2.37. The third kappa shape index (κ3) is 3.69. The molecule has 2 aromatic carbocycles. The lowest BCUT2D eigenvalue weighted by atomic mass is 10.0. The number of nitrogens with zero attached hydrogens (tertiary/aromatic N) is 1. The number of thioether (sulfide) groups is 1. The molecule has 1 fully saturated rings. The van der Waals surface area contributed by atoms with Crippen LogP contribution in [0.2, 0.25) is 5.02 Å². The van der Waals surface area contributed by atoms with Crippen LogP contribution in [-0.4, -0.2) is 24.1 Å². The molecule has 2 aliphatic rings. The molecule has 2 heterocycles. The zero-order valence-corrected chi connectivity index (χ0v) is 16.1. The maximum absolute atomic E-state index is 13.7. The molecular weight excluding hydrogens is 387 g/mol. The number of nitrogens with one attached hydrogen (secondary N) is 1. The molecule has 4 rings (SSSR count). The van der Waals surface area contributed by atoms with Gasteiger partial charge in [-0.25, -0.2) is 4.39 Å². The van der Waals surface area contributed by atoms with E-state index in [1.165, 1.54) is 12.1 Å².